The highest BCUT2D eigenvalue weighted by Gasteiger charge is 2.23. The van der Waals surface area contributed by atoms with Gasteiger partial charge in [-0.1, -0.05) is 37.5 Å². The number of aromatic nitrogens is 1. The molecule has 2 aromatic rings. The first-order chi connectivity index (χ1) is 11.9. The molecule has 0 atom stereocenters. The molecule has 8 heteroatoms. The van der Waals surface area contributed by atoms with Crippen molar-refractivity contribution in [1.29, 1.82) is 0 Å². The molecule has 1 aliphatic rings. The lowest BCUT2D eigenvalue weighted by Gasteiger charge is -2.19. The van der Waals surface area contributed by atoms with Crippen molar-refractivity contribution in [2.24, 2.45) is 5.92 Å². The average molecular weight is 382 g/mol. The molecule has 0 aliphatic heterocycles. The van der Waals surface area contributed by atoms with Gasteiger partial charge in [0.2, 0.25) is 15.9 Å². The Morgan fingerprint density at radius 3 is 2.72 bits per heavy atom. The average Bonchev–Trinajstić information content (AvgIpc) is 3.02. The molecule has 0 spiro atoms. The molecule has 3 rings (SSSR count). The number of benzene rings is 1. The minimum absolute atomic E-state index is 0.0253. The molecule has 0 bridgehead atoms. The summed E-state index contributed by atoms with van der Waals surface area (Å²) in [5, 5.41) is 3.43. The molecule has 1 saturated carbocycles. The fraction of sp³-hybridized carbons (Fsp3) is 0.529. The number of fused-ring (bicyclic) bond motifs is 1. The second-order valence-corrected chi connectivity index (χ2v) is 9.47. The number of amides is 1. The SMILES string of the molecule is CCN(C)S(=O)(=O)c1ccc2nc(NC(=O)C3CCCCC3)sc2c1. The van der Waals surface area contributed by atoms with Crippen LogP contribution < -0.4 is 5.32 Å². The van der Waals surface area contributed by atoms with Crippen LogP contribution in [0.1, 0.15) is 39.0 Å². The van der Waals surface area contributed by atoms with E-state index < -0.39 is 10.0 Å². The van der Waals surface area contributed by atoms with Crippen LogP contribution in [0, 0.1) is 5.92 Å². The van der Waals surface area contributed by atoms with E-state index >= 15 is 0 Å². The standard InChI is InChI=1S/C17H23N3O3S2/c1-3-20(2)25(22,23)13-9-10-14-15(11-13)24-17(18-14)19-16(21)12-7-5-4-6-8-12/h9-12H,3-8H2,1-2H3,(H,18,19,21). The zero-order valence-electron chi connectivity index (χ0n) is 14.5. The second-order valence-electron chi connectivity index (χ2n) is 6.39. The summed E-state index contributed by atoms with van der Waals surface area (Å²) in [6, 6.07) is 4.89. The van der Waals surface area contributed by atoms with Gasteiger partial charge in [0, 0.05) is 19.5 Å². The van der Waals surface area contributed by atoms with Gasteiger partial charge < -0.3 is 5.32 Å². The highest BCUT2D eigenvalue weighted by molar-refractivity contribution is 7.89. The van der Waals surface area contributed by atoms with Crippen LogP contribution in [0.4, 0.5) is 5.13 Å². The van der Waals surface area contributed by atoms with E-state index in [2.05, 4.69) is 10.3 Å². The maximum absolute atomic E-state index is 12.4. The zero-order chi connectivity index (χ0) is 18.0. The van der Waals surface area contributed by atoms with Crippen molar-refractivity contribution in [3.8, 4) is 0 Å². The minimum Gasteiger partial charge on any atom is -0.302 e. The number of rotatable bonds is 5. The van der Waals surface area contributed by atoms with Gasteiger partial charge in [-0.25, -0.2) is 17.7 Å². The van der Waals surface area contributed by atoms with Crippen molar-refractivity contribution in [2.75, 3.05) is 18.9 Å². The molecule has 0 radical (unpaired) electrons. The highest BCUT2D eigenvalue weighted by Crippen LogP contribution is 2.30. The molecule has 1 aliphatic carbocycles. The summed E-state index contributed by atoms with van der Waals surface area (Å²) in [6.07, 6.45) is 5.27. The van der Waals surface area contributed by atoms with Crippen LogP contribution in [0.3, 0.4) is 0 Å². The van der Waals surface area contributed by atoms with E-state index in [1.807, 2.05) is 0 Å². The summed E-state index contributed by atoms with van der Waals surface area (Å²) in [7, 11) is -1.93. The minimum atomic E-state index is -3.49. The van der Waals surface area contributed by atoms with Crippen molar-refractivity contribution in [3.05, 3.63) is 18.2 Å². The van der Waals surface area contributed by atoms with Gasteiger partial charge in [0.1, 0.15) is 0 Å². The third-order valence-electron chi connectivity index (χ3n) is 4.72. The molecule has 136 valence electrons. The van der Waals surface area contributed by atoms with Crippen molar-refractivity contribution in [3.63, 3.8) is 0 Å². The number of nitrogens with zero attached hydrogens (tertiary/aromatic N) is 2. The molecular formula is C17H23N3O3S2. The van der Waals surface area contributed by atoms with Crippen LogP contribution in [-0.2, 0) is 14.8 Å². The maximum Gasteiger partial charge on any atom is 0.242 e. The summed E-state index contributed by atoms with van der Waals surface area (Å²) in [5.74, 6) is 0.0900. The van der Waals surface area contributed by atoms with Crippen LogP contribution >= 0.6 is 11.3 Å². The molecule has 1 amide bonds. The Morgan fingerprint density at radius 1 is 1.32 bits per heavy atom. The van der Waals surface area contributed by atoms with E-state index in [0.29, 0.717) is 17.2 Å². The number of nitrogens with one attached hydrogen (secondary N) is 1. The maximum atomic E-state index is 12.4. The lowest BCUT2D eigenvalue weighted by Crippen LogP contribution is -2.26. The number of sulfonamides is 1. The van der Waals surface area contributed by atoms with Gasteiger partial charge in [-0.15, -0.1) is 0 Å². The number of hydrogen-bond acceptors (Lipinski definition) is 5. The van der Waals surface area contributed by atoms with Gasteiger partial charge in [-0.2, -0.15) is 0 Å². The number of thiazole rings is 1. The van der Waals surface area contributed by atoms with Crippen molar-refractivity contribution in [2.45, 2.75) is 43.9 Å². The van der Waals surface area contributed by atoms with Gasteiger partial charge in [0.05, 0.1) is 15.1 Å². The molecular weight excluding hydrogens is 358 g/mol. The Kier molecular flexibility index (Phi) is 5.41. The Bertz CT molecular complexity index is 870. The molecule has 1 aromatic heterocycles. The van der Waals surface area contributed by atoms with E-state index in [4.69, 9.17) is 0 Å². The Morgan fingerprint density at radius 2 is 2.04 bits per heavy atom. The largest absolute Gasteiger partial charge is 0.302 e. The number of anilines is 1. The number of hydrogen-bond donors (Lipinski definition) is 1. The lowest BCUT2D eigenvalue weighted by atomic mass is 9.89. The van der Waals surface area contributed by atoms with Crippen molar-refractivity contribution < 1.29 is 13.2 Å². The van der Waals surface area contributed by atoms with Crippen LogP contribution in [0.5, 0.6) is 0 Å². The Labute approximate surface area is 152 Å². The zero-order valence-corrected chi connectivity index (χ0v) is 16.1. The highest BCUT2D eigenvalue weighted by atomic mass is 32.2. The topological polar surface area (TPSA) is 79.4 Å². The van der Waals surface area contributed by atoms with E-state index in [9.17, 15) is 13.2 Å². The van der Waals surface area contributed by atoms with E-state index in [0.717, 1.165) is 30.4 Å². The molecule has 0 unspecified atom stereocenters. The molecule has 1 aromatic carbocycles. The molecule has 6 nitrogen and oxygen atoms in total. The Hall–Kier alpha value is -1.51. The molecule has 1 N–H and O–H groups in total. The van der Waals surface area contributed by atoms with Crippen LogP contribution in [0.15, 0.2) is 23.1 Å². The number of carbonyl (C=O) groups is 1. The summed E-state index contributed by atoms with van der Waals surface area (Å²) in [6.45, 7) is 2.20. The lowest BCUT2D eigenvalue weighted by molar-refractivity contribution is -0.120. The third kappa shape index (κ3) is 3.86. The first-order valence-corrected chi connectivity index (χ1v) is 10.8. The van der Waals surface area contributed by atoms with Gasteiger partial charge >= 0.3 is 0 Å². The normalized spacial score (nSPS) is 16.4. The number of carbonyl (C=O) groups excluding carboxylic acids is 1. The molecule has 1 heterocycles. The van der Waals surface area contributed by atoms with E-state index in [1.165, 1.54) is 22.1 Å². The van der Waals surface area contributed by atoms with Crippen LogP contribution in [0.25, 0.3) is 10.2 Å². The molecule has 1 fully saturated rings. The first-order valence-electron chi connectivity index (χ1n) is 8.59. The summed E-state index contributed by atoms with van der Waals surface area (Å²) >= 11 is 1.31. The van der Waals surface area contributed by atoms with Crippen LogP contribution in [0.2, 0.25) is 0 Å². The monoisotopic (exact) mass is 381 g/mol. The van der Waals surface area contributed by atoms with Gasteiger partial charge in [0.25, 0.3) is 0 Å². The van der Waals surface area contributed by atoms with Crippen LogP contribution in [-0.4, -0.2) is 37.2 Å². The van der Waals surface area contributed by atoms with Gasteiger partial charge in [-0.3, -0.25) is 4.79 Å². The van der Waals surface area contributed by atoms with Crippen molar-refractivity contribution in [1.82, 2.24) is 9.29 Å². The van der Waals surface area contributed by atoms with E-state index in [-0.39, 0.29) is 16.7 Å². The summed E-state index contributed by atoms with van der Waals surface area (Å²) < 4.78 is 26.9. The third-order valence-corrected chi connectivity index (χ3v) is 7.58. The molecule has 25 heavy (non-hydrogen) atoms. The predicted octanol–water partition coefficient (Wildman–Crippen LogP) is 3.46. The smallest absolute Gasteiger partial charge is 0.242 e. The fourth-order valence-electron chi connectivity index (χ4n) is 3.04. The summed E-state index contributed by atoms with van der Waals surface area (Å²) in [5.41, 5.74) is 0.696. The molecule has 0 saturated heterocycles. The predicted molar refractivity (Wildman–Crippen MR) is 100 cm³/mol. The second kappa shape index (κ2) is 7.39. The Balaban J connectivity index is 1.82. The van der Waals surface area contributed by atoms with Gasteiger partial charge in [0.15, 0.2) is 5.13 Å². The first kappa shape index (κ1) is 18.3. The van der Waals surface area contributed by atoms with E-state index in [1.54, 1.807) is 32.2 Å². The fourth-order valence-corrected chi connectivity index (χ4v) is 5.23. The summed E-state index contributed by atoms with van der Waals surface area (Å²) in [4.78, 5) is 17.0. The van der Waals surface area contributed by atoms with Crippen molar-refractivity contribution >= 4 is 42.6 Å². The quantitative estimate of drug-likeness (QED) is 0.860. The van der Waals surface area contributed by atoms with Gasteiger partial charge in [-0.05, 0) is 31.0 Å².